The molecule has 16 N–H and O–H groups in total. The molecule has 24 heteroatoms. The van der Waals surface area contributed by atoms with Crippen LogP contribution in [0.4, 0.5) is 47.6 Å². The fraction of sp³-hybridized carbons (Fsp3) is 0.294. The molecule has 216 valence electrons. The highest BCUT2D eigenvalue weighted by molar-refractivity contribution is 5.30. The molecule has 0 saturated carbocycles. The number of nitrogens with two attached hydrogens (primary N) is 8. The maximum absolute atomic E-state index is 5.77. The Morgan fingerprint density at radius 2 is 0.488 bits per heavy atom. The summed E-state index contributed by atoms with van der Waals surface area (Å²) in [5.74, 6) is -1.52. The molecule has 0 aliphatic carbocycles. The molecule has 41 heavy (non-hydrogen) atoms. The van der Waals surface area contributed by atoms with Crippen LogP contribution in [0.15, 0.2) is 0 Å². The Hall–Kier alpha value is -6.36. The third-order valence-corrected chi connectivity index (χ3v) is 4.63. The van der Waals surface area contributed by atoms with Gasteiger partial charge in [-0.15, -0.1) is 0 Å². The fourth-order valence-electron chi connectivity index (χ4n) is 2.93. The highest BCUT2D eigenvalue weighted by atomic mass is 16.5. The van der Waals surface area contributed by atoms with Crippen LogP contribution in [0.25, 0.3) is 0 Å². The van der Waals surface area contributed by atoms with Crippen molar-refractivity contribution in [3.63, 3.8) is 0 Å². The number of hydrogen-bond donors (Lipinski definition) is 8. The summed E-state index contributed by atoms with van der Waals surface area (Å²) in [4.78, 5) is 45.9. The summed E-state index contributed by atoms with van der Waals surface area (Å²) in [6.45, 7) is -1.23. The van der Waals surface area contributed by atoms with E-state index in [4.69, 9.17) is 64.8 Å². The van der Waals surface area contributed by atoms with Crippen LogP contribution in [-0.2, 0) is 0 Å². The van der Waals surface area contributed by atoms with Crippen molar-refractivity contribution in [2.45, 2.75) is 0 Å². The largest absolute Gasteiger partial charge is 0.462 e. The lowest BCUT2D eigenvalue weighted by Gasteiger charge is -2.31. The SMILES string of the molecule is Nc1nc(N)nc(OCC(COc2nc(N)nc(N)n2)(COc2nc(N)nc(N)n2)COc2nc(N)nc(N)n2)n1. The van der Waals surface area contributed by atoms with Gasteiger partial charge in [-0.1, -0.05) is 0 Å². The molecule has 0 bridgehead atoms. The second-order valence-electron chi connectivity index (χ2n) is 7.99. The van der Waals surface area contributed by atoms with Crippen molar-refractivity contribution in [3.8, 4) is 24.0 Å². The van der Waals surface area contributed by atoms with E-state index in [9.17, 15) is 0 Å². The average molecular weight is 573 g/mol. The number of aromatic nitrogens is 12. The normalized spacial score (nSPS) is 11.1. The lowest BCUT2D eigenvalue weighted by atomic mass is 9.92. The van der Waals surface area contributed by atoms with Gasteiger partial charge in [0, 0.05) is 0 Å². The van der Waals surface area contributed by atoms with Crippen LogP contribution in [-0.4, -0.2) is 86.2 Å². The van der Waals surface area contributed by atoms with Gasteiger partial charge >= 0.3 is 24.0 Å². The van der Waals surface area contributed by atoms with Gasteiger partial charge in [-0.3, -0.25) is 0 Å². The van der Waals surface area contributed by atoms with Crippen LogP contribution in [0, 0.1) is 5.41 Å². The van der Waals surface area contributed by atoms with Gasteiger partial charge in [-0.2, -0.15) is 59.8 Å². The van der Waals surface area contributed by atoms with Crippen LogP contribution in [0.5, 0.6) is 24.0 Å². The number of ether oxygens (including phenoxy) is 4. The molecule has 0 aliphatic heterocycles. The van der Waals surface area contributed by atoms with E-state index in [1.807, 2.05) is 0 Å². The third-order valence-electron chi connectivity index (χ3n) is 4.63. The molecule has 0 spiro atoms. The number of anilines is 8. The fourth-order valence-corrected chi connectivity index (χ4v) is 2.93. The minimum atomic E-state index is -1.35. The molecule has 4 aromatic heterocycles. The topological polar surface area (TPSA) is 400 Å². The van der Waals surface area contributed by atoms with E-state index in [2.05, 4.69) is 59.8 Å². The van der Waals surface area contributed by atoms with Crippen molar-refractivity contribution in [2.24, 2.45) is 5.41 Å². The standard InChI is InChI=1S/C17H24N20O4/c18-5-26-6(19)31-13(30-5)38-1-17(2-39-14-32-7(20)27-8(21)33-14,3-40-15-34-9(22)28-10(23)35-15)4-41-16-36-11(24)29-12(25)37-16/h1-4H2,(H4,18,19,26,30,31)(H4,20,21,27,32,33)(H4,22,23,28,34,35)(H4,24,25,29,36,37). The van der Waals surface area contributed by atoms with Gasteiger partial charge in [-0.05, 0) is 0 Å². The zero-order chi connectivity index (χ0) is 29.6. The first-order valence-electron chi connectivity index (χ1n) is 11.1. The van der Waals surface area contributed by atoms with Gasteiger partial charge in [0.05, 0.1) is 0 Å². The molecular weight excluding hydrogens is 548 g/mol. The van der Waals surface area contributed by atoms with E-state index in [1.165, 1.54) is 0 Å². The number of nitrogens with zero attached hydrogens (tertiary/aromatic N) is 12. The number of nitrogen functional groups attached to an aromatic ring is 8. The summed E-state index contributed by atoms with van der Waals surface area (Å²) < 4.78 is 23.1. The van der Waals surface area contributed by atoms with E-state index in [1.54, 1.807) is 0 Å². The third kappa shape index (κ3) is 7.82. The molecular formula is C17H24N20O4. The quantitative estimate of drug-likeness (QED) is 0.0794. The van der Waals surface area contributed by atoms with Gasteiger partial charge in [0.2, 0.25) is 47.6 Å². The van der Waals surface area contributed by atoms with Crippen molar-refractivity contribution in [1.82, 2.24) is 59.8 Å². The van der Waals surface area contributed by atoms with Gasteiger partial charge in [0.15, 0.2) is 0 Å². The van der Waals surface area contributed by atoms with Crippen molar-refractivity contribution < 1.29 is 18.9 Å². The maximum atomic E-state index is 5.77. The van der Waals surface area contributed by atoms with Crippen LogP contribution in [0.2, 0.25) is 0 Å². The Balaban J connectivity index is 1.67. The van der Waals surface area contributed by atoms with Crippen molar-refractivity contribution in [1.29, 1.82) is 0 Å². The smallest absolute Gasteiger partial charge is 0.323 e. The van der Waals surface area contributed by atoms with Crippen molar-refractivity contribution in [3.05, 3.63) is 0 Å². The predicted octanol–water partition coefficient (Wildman–Crippen LogP) is -4.31. The number of hydrogen-bond acceptors (Lipinski definition) is 24. The Kier molecular flexibility index (Phi) is 7.81. The van der Waals surface area contributed by atoms with Crippen molar-refractivity contribution >= 4 is 47.6 Å². The van der Waals surface area contributed by atoms with Crippen LogP contribution in [0.1, 0.15) is 0 Å². The van der Waals surface area contributed by atoms with Gasteiger partial charge in [0.25, 0.3) is 0 Å². The molecule has 0 aromatic carbocycles. The molecule has 4 rings (SSSR count). The summed E-state index contributed by atoms with van der Waals surface area (Å²) in [6.07, 6.45) is 0. The number of rotatable bonds is 12. The predicted molar refractivity (Wildman–Crippen MR) is 139 cm³/mol. The molecule has 0 saturated heterocycles. The van der Waals surface area contributed by atoms with Crippen LogP contribution in [0.3, 0.4) is 0 Å². The lowest BCUT2D eigenvalue weighted by Crippen LogP contribution is -2.46. The Labute approximate surface area is 228 Å². The summed E-state index contributed by atoms with van der Waals surface area (Å²) in [6, 6.07) is -0.906. The molecule has 0 amide bonds. The highest BCUT2D eigenvalue weighted by Crippen LogP contribution is 2.24. The Morgan fingerprint density at radius 1 is 0.317 bits per heavy atom. The van der Waals surface area contributed by atoms with Gasteiger partial charge < -0.3 is 64.8 Å². The van der Waals surface area contributed by atoms with E-state index in [0.717, 1.165) is 0 Å². The summed E-state index contributed by atoms with van der Waals surface area (Å²) in [5, 5.41) is 0. The van der Waals surface area contributed by atoms with E-state index < -0.39 is 5.41 Å². The Bertz CT molecular complexity index is 1220. The maximum Gasteiger partial charge on any atom is 0.323 e. The highest BCUT2D eigenvalue weighted by Gasteiger charge is 2.37. The average Bonchev–Trinajstić information content (AvgIpc) is 2.86. The summed E-state index contributed by atoms with van der Waals surface area (Å²) in [7, 11) is 0. The van der Waals surface area contributed by atoms with E-state index in [-0.39, 0.29) is 98.1 Å². The summed E-state index contributed by atoms with van der Waals surface area (Å²) >= 11 is 0. The molecule has 24 nitrogen and oxygen atoms in total. The second-order valence-corrected chi connectivity index (χ2v) is 7.99. The first kappa shape index (κ1) is 27.7. The molecule has 0 fully saturated rings. The van der Waals surface area contributed by atoms with E-state index in [0.29, 0.717) is 0 Å². The molecule has 0 unspecified atom stereocenters. The van der Waals surface area contributed by atoms with Crippen LogP contribution < -0.4 is 64.8 Å². The second kappa shape index (κ2) is 11.6. The minimum absolute atomic E-state index is 0.190. The molecule has 0 radical (unpaired) electrons. The van der Waals surface area contributed by atoms with Crippen LogP contribution >= 0.6 is 0 Å². The first-order valence-corrected chi connectivity index (χ1v) is 11.1. The minimum Gasteiger partial charge on any atom is -0.462 e. The molecule has 0 aliphatic rings. The zero-order valence-electron chi connectivity index (χ0n) is 20.9. The molecule has 4 heterocycles. The summed E-state index contributed by atoms with van der Waals surface area (Å²) in [5.41, 5.74) is 43.9. The zero-order valence-corrected chi connectivity index (χ0v) is 20.9. The first-order chi connectivity index (χ1) is 19.5. The molecule has 4 aromatic rings. The van der Waals surface area contributed by atoms with E-state index >= 15 is 0 Å². The van der Waals surface area contributed by atoms with Crippen molar-refractivity contribution in [2.75, 3.05) is 72.3 Å². The van der Waals surface area contributed by atoms with Gasteiger partial charge in [-0.25, -0.2) is 0 Å². The Morgan fingerprint density at radius 3 is 0.659 bits per heavy atom. The monoisotopic (exact) mass is 572 g/mol. The van der Waals surface area contributed by atoms with Gasteiger partial charge in [0.1, 0.15) is 31.8 Å². The molecule has 0 atom stereocenters. The lowest BCUT2D eigenvalue weighted by molar-refractivity contribution is -0.0124.